The van der Waals surface area contributed by atoms with E-state index < -0.39 is 27.9 Å². The number of halogens is 3. The quantitative estimate of drug-likeness (QED) is 0.685. The molecule has 1 aromatic heterocycles. The van der Waals surface area contributed by atoms with Gasteiger partial charge in [-0.05, 0) is 0 Å². The molecule has 0 spiro atoms. The summed E-state index contributed by atoms with van der Waals surface area (Å²) in [6, 6.07) is 0. The first-order valence-corrected chi connectivity index (χ1v) is 4.26. The van der Waals surface area contributed by atoms with E-state index in [1.807, 2.05) is 4.98 Å². The summed E-state index contributed by atoms with van der Waals surface area (Å²) in [6.07, 6.45) is 0.861. The van der Waals surface area contributed by atoms with Crippen molar-refractivity contribution in [3.05, 3.63) is 16.7 Å². The molecule has 1 heterocycles. The molecule has 0 saturated carbocycles. The monoisotopic (exact) mass is 283 g/mol. The Hall–Kier alpha value is -1.51. The second kappa shape index (κ2) is 3.93. The van der Waals surface area contributed by atoms with Crippen LogP contribution >= 0.6 is 15.9 Å². The van der Waals surface area contributed by atoms with Gasteiger partial charge in [0.2, 0.25) is 5.88 Å². The van der Waals surface area contributed by atoms with Gasteiger partial charge in [0.05, 0.1) is 6.33 Å². The minimum atomic E-state index is -3.83. The summed E-state index contributed by atoms with van der Waals surface area (Å²) in [6.45, 7) is 0. The third kappa shape index (κ3) is 2.72. The first-order valence-electron chi connectivity index (χ1n) is 3.47. The molecule has 0 saturated heterocycles. The standard InChI is InChI=1S/C6H4BrF2N3O3/c7-6(8,9)5(15)12-2-3(13)10-1-11-4(2)14/h1H,(H,12,15)(H2,10,11,13,14). The van der Waals surface area contributed by atoms with E-state index in [0.717, 1.165) is 6.33 Å². The van der Waals surface area contributed by atoms with Crippen LogP contribution in [0, 0.1) is 0 Å². The molecule has 1 rings (SSSR count). The molecule has 0 fully saturated rings. The fraction of sp³-hybridized carbons (Fsp3) is 0.167. The minimum absolute atomic E-state index is 0.735. The normalized spacial score (nSPS) is 11.1. The van der Waals surface area contributed by atoms with Gasteiger partial charge < -0.3 is 15.4 Å². The average molecular weight is 284 g/mol. The van der Waals surface area contributed by atoms with Gasteiger partial charge in [0.1, 0.15) is 0 Å². The minimum Gasteiger partial charge on any atom is -0.492 e. The smallest absolute Gasteiger partial charge is 0.378 e. The molecule has 1 aromatic rings. The van der Waals surface area contributed by atoms with Crippen molar-refractivity contribution in [1.82, 2.24) is 9.97 Å². The Kier molecular flexibility index (Phi) is 3.03. The highest BCUT2D eigenvalue weighted by atomic mass is 79.9. The van der Waals surface area contributed by atoms with Crippen LogP contribution in [0.25, 0.3) is 0 Å². The molecule has 0 aliphatic rings. The van der Waals surface area contributed by atoms with Gasteiger partial charge in [0.25, 0.3) is 5.56 Å². The topological polar surface area (TPSA) is 95.1 Å². The number of aromatic hydroxyl groups is 1. The van der Waals surface area contributed by atoms with E-state index in [9.17, 15) is 18.4 Å². The lowest BCUT2D eigenvalue weighted by Crippen LogP contribution is -2.31. The Labute approximate surface area is 89.5 Å². The van der Waals surface area contributed by atoms with Crippen molar-refractivity contribution in [2.45, 2.75) is 4.83 Å². The maximum absolute atomic E-state index is 12.4. The summed E-state index contributed by atoms with van der Waals surface area (Å²) >= 11 is 1.79. The number of amides is 1. The van der Waals surface area contributed by atoms with Crippen molar-refractivity contribution in [2.24, 2.45) is 0 Å². The predicted octanol–water partition coefficient (Wildman–Crippen LogP) is 0.402. The van der Waals surface area contributed by atoms with Crippen LogP contribution < -0.4 is 10.9 Å². The van der Waals surface area contributed by atoms with Crippen molar-refractivity contribution >= 4 is 27.5 Å². The van der Waals surface area contributed by atoms with Gasteiger partial charge in [-0.15, -0.1) is 0 Å². The molecule has 0 radical (unpaired) electrons. The number of carbonyl (C=O) groups excluding carboxylic acids is 1. The van der Waals surface area contributed by atoms with Crippen LogP contribution in [-0.2, 0) is 4.79 Å². The van der Waals surface area contributed by atoms with Crippen LogP contribution in [0.15, 0.2) is 11.1 Å². The molecule has 0 aromatic carbocycles. The lowest BCUT2D eigenvalue weighted by molar-refractivity contribution is -0.128. The van der Waals surface area contributed by atoms with Crippen molar-refractivity contribution in [2.75, 3.05) is 5.32 Å². The number of carbonyl (C=O) groups is 1. The Balaban J connectivity index is 3.01. The summed E-state index contributed by atoms with van der Waals surface area (Å²) < 4.78 is 24.7. The van der Waals surface area contributed by atoms with Gasteiger partial charge in [0, 0.05) is 15.9 Å². The van der Waals surface area contributed by atoms with Crippen LogP contribution in [0.4, 0.5) is 14.5 Å². The highest BCUT2D eigenvalue weighted by Gasteiger charge is 2.36. The van der Waals surface area contributed by atoms with Crippen LogP contribution in [0.5, 0.6) is 5.88 Å². The van der Waals surface area contributed by atoms with Gasteiger partial charge in [-0.25, -0.2) is 4.98 Å². The third-order valence-corrected chi connectivity index (χ3v) is 1.69. The summed E-state index contributed by atoms with van der Waals surface area (Å²) in [5.74, 6) is -2.62. The van der Waals surface area contributed by atoms with Gasteiger partial charge >= 0.3 is 10.7 Å². The highest BCUT2D eigenvalue weighted by molar-refractivity contribution is 9.10. The number of rotatable bonds is 2. The number of hydrogen-bond donors (Lipinski definition) is 3. The molecule has 0 unspecified atom stereocenters. The van der Waals surface area contributed by atoms with Crippen LogP contribution in [0.2, 0.25) is 0 Å². The van der Waals surface area contributed by atoms with Crippen molar-refractivity contribution in [3.8, 4) is 5.88 Å². The van der Waals surface area contributed by atoms with Crippen LogP contribution in [0.3, 0.4) is 0 Å². The SMILES string of the molecule is O=C(Nc1c(O)nc[nH]c1=O)C(F)(F)Br. The molecule has 0 aliphatic heterocycles. The fourth-order valence-electron chi connectivity index (χ4n) is 0.687. The number of anilines is 1. The predicted molar refractivity (Wildman–Crippen MR) is 49.0 cm³/mol. The Bertz CT molecular complexity index is 442. The molecule has 0 aliphatic carbocycles. The average Bonchev–Trinajstić information content (AvgIpc) is 2.09. The Morgan fingerprint density at radius 1 is 1.67 bits per heavy atom. The molecular weight excluding hydrogens is 280 g/mol. The fourth-order valence-corrected chi connectivity index (χ4v) is 0.786. The first-order chi connectivity index (χ1) is 6.82. The van der Waals surface area contributed by atoms with E-state index >= 15 is 0 Å². The molecule has 0 atom stereocenters. The van der Waals surface area contributed by atoms with Crippen molar-refractivity contribution < 1.29 is 18.7 Å². The summed E-state index contributed by atoms with van der Waals surface area (Å²) in [4.78, 5) is 23.1. The molecule has 3 N–H and O–H groups in total. The second-order valence-corrected chi connectivity index (χ2v) is 3.38. The zero-order valence-corrected chi connectivity index (χ0v) is 8.51. The molecule has 15 heavy (non-hydrogen) atoms. The van der Waals surface area contributed by atoms with E-state index in [4.69, 9.17) is 5.11 Å². The van der Waals surface area contributed by atoms with E-state index in [2.05, 4.69) is 4.98 Å². The summed E-state index contributed by atoms with van der Waals surface area (Å²) in [7, 11) is 0. The number of nitrogens with one attached hydrogen (secondary N) is 2. The lowest BCUT2D eigenvalue weighted by Gasteiger charge is -2.08. The number of aromatic amines is 1. The summed E-state index contributed by atoms with van der Waals surface area (Å²) in [5.41, 5.74) is -1.67. The lowest BCUT2D eigenvalue weighted by atomic mass is 10.4. The van der Waals surface area contributed by atoms with Gasteiger partial charge in [-0.1, -0.05) is 0 Å². The molecule has 1 amide bonds. The van der Waals surface area contributed by atoms with Gasteiger partial charge in [-0.3, -0.25) is 9.59 Å². The summed E-state index contributed by atoms with van der Waals surface area (Å²) in [5, 5.41) is 10.5. The molecule has 9 heteroatoms. The van der Waals surface area contributed by atoms with Crippen LogP contribution in [0.1, 0.15) is 0 Å². The maximum atomic E-state index is 12.4. The number of H-pyrrole nitrogens is 1. The highest BCUT2D eigenvalue weighted by Crippen LogP contribution is 2.24. The largest absolute Gasteiger partial charge is 0.492 e. The third-order valence-electron chi connectivity index (χ3n) is 1.33. The Morgan fingerprint density at radius 3 is 2.73 bits per heavy atom. The molecule has 82 valence electrons. The van der Waals surface area contributed by atoms with E-state index in [1.165, 1.54) is 5.32 Å². The zero-order valence-electron chi connectivity index (χ0n) is 6.92. The first kappa shape index (κ1) is 11.6. The number of aromatic nitrogens is 2. The zero-order chi connectivity index (χ0) is 11.6. The maximum Gasteiger partial charge on any atom is 0.378 e. The molecule has 0 bridgehead atoms. The number of nitrogens with zero attached hydrogens (tertiary/aromatic N) is 1. The van der Waals surface area contributed by atoms with Crippen molar-refractivity contribution in [1.29, 1.82) is 0 Å². The number of hydrogen-bond acceptors (Lipinski definition) is 4. The van der Waals surface area contributed by atoms with E-state index in [1.54, 1.807) is 15.9 Å². The van der Waals surface area contributed by atoms with Crippen molar-refractivity contribution in [3.63, 3.8) is 0 Å². The van der Waals surface area contributed by atoms with E-state index in [-0.39, 0.29) is 0 Å². The van der Waals surface area contributed by atoms with Gasteiger partial charge in [0.15, 0.2) is 5.69 Å². The van der Waals surface area contributed by atoms with Crippen LogP contribution in [-0.4, -0.2) is 25.8 Å². The Morgan fingerprint density at radius 2 is 2.27 bits per heavy atom. The molecule has 6 nitrogen and oxygen atoms in total. The molecular formula is C6H4BrF2N3O3. The number of alkyl halides is 3. The second-order valence-electron chi connectivity index (χ2n) is 2.38. The van der Waals surface area contributed by atoms with E-state index in [0.29, 0.717) is 0 Å². The van der Waals surface area contributed by atoms with Gasteiger partial charge in [-0.2, -0.15) is 8.78 Å².